The zero-order valence-corrected chi connectivity index (χ0v) is 9.85. The number of rotatable bonds is 4. The Balaban J connectivity index is 2.30. The standard InChI is InChI=1S/C13H18N2O2/c14-6-5-10-1-3-12-11(9-10)2-4-13(17)15(12)7-8-16/h1,3,9,16H,2,4-8,14H2. The molecule has 0 saturated heterocycles. The van der Waals surface area contributed by atoms with E-state index in [4.69, 9.17) is 10.8 Å². The van der Waals surface area contributed by atoms with Gasteiger partial charge in [-0.3, -0.25) is 4.79 Å². The molecule has 2 rings (SSSR count). The summed E-state index contributed by atoms with van der Waals surface area (Å²) in [5.74, 6) is 0.0955. The largest absolute Gasteiger partial charge is 0.395 e. The molecule has 0 atom stereocenters. The van der Waals surface area contributed by atoms with E-state index in [2.05, 4.69) is 6.07 Å². The van der Waals surface area contributed by atoms with E-state index in [0.717, 1.165) is 18.5 Å². The van der Waals surface area contributed by atoms with E-state index >= 15 is 0 Å². The normalized spacial score (nSPS) is 14.9. The van der Waals surface area contributed by atoms with Crippen LogP contribution in [-0.2, 0) is 17.6 Å². The Morgan fingerprint density at radius 2 is 2.18 bits per heavy atom. The van der Waals surface area contributed by atoms with E-state index in [-0.39, 0.29) is 12.5 Å². The van der Waals surface area contributed by atoms with Crippen molar-refractivity contribution in [2.24, 2.45) is 5.73 Å². The minimum atomic E-state index is -0.00423. The zero-order chi connectivity index (χ0) is 12.3. The number of nitrogens with two attached hydrogens (primary N) is 1. The van der Waals surface area contributed by atoms with Gasteiger partial charge >= 0.3 is 0 Å². The minimum absolute atomic E-state index is 0.00423. The van der Waals surface area contributed by atoms with E-state index in [1.807, 2.05) is 12.1 Å². The van der Waals surface area contributed by atoms with Crippen LogP contribution in [0.15, 0.2) is 18.2 Å². The van der Waals surface area contributed by atoms with E-state index in [1.165, 1.54) is 11.1 Å². The second-order valence-corrected chi connectivity index (χ2v) is 4.27. The lowest BCUT2D eigenvalue weighted by atomic mass is 9.97. The summed E-state index contributed by atoms with van der Waals surface area (Å²) in [6.45, 7) is 1.01. The SMILES string of the molecule is NCCc1ccc2c(c1)CCC(=O)N2CCO. The molecule has 92 valence electrons. The van der Waals surface area contributed by atoms with Gasteiger partial charge in [-0.15, -0.1) is 0 Å². The van der Waals surface area contributed by atoms with Crippen molar-refractivity contribution >= 4 is 11.6 Å². The van der Waals surface area contributed by atoms with Crippen molar-refractivity contribution in [3.8, 4) is 0 Å². The molecule has 1 aromatic rings. The van der Waals surface area contributed by atoms with Crippen molar-refractivity contribution < 1.29 is 9.90 Å². The van der Waals surface area contributed by atoms with Gasteiger partial charge in [0.25, 0.3) is 0 Å². The molecule has 1 aliphatic heterocycles. The Kier molecular flexibility index (Phi) is 3.76. The molecule has 4 nitrogen and oxygen atoms in total. The second-order valence-electron chi connectivity index (χ2n) is 4.27. The van der Waals surface area contributed by atoms with Crippen molar-refractivity contribution in [2.75, 3.05) is 24.6 Å². The number of fused-ring (bicyclic) bond motifs is 1. The summed E-state index contributed by atoms with van der Waals surface area (Å²) in [6, 6.07) is 6.10. The average molecular weight is 234 g/mol. The summed E-state index contributed by atoms with van der Waals surface area (Å²) in [6.07, 6.45) is 2.18. The van der Waals surface area contributed by atoms with Crippen LogP contribution < -0.4 is 10.6 Å². The summed E-state index contributed by atoms with van der Waals surface area (Å²) in [7, 11) is 0. The number of aryl methyl sites for hydroxylation is 1. The highest BCUT2D eigenvalue weighted by atomic mass is 16.3. The van der Waals surface area contributed by atoms with E-state index in [9.17, 15) is 4.79 Å². The molecule has 1 aliphatic rings. The van der Waals surface area contributed by atoms with Gasteiger partial charge in [0.1, 0.15) is 0 Å². The summed E-state index contributed by atoms with van der Waals surface area (Å²) in [5.41, 5.74) is 8.87. The van der Waals surface area contributed by atoms with Crippen molar-refractivity contribution in [3.05, 3.63) is 29.3 Å². The Labute approximate surface area is 101 Å². The van der Waals surface area contributed by atoms with Crippen LogP contribution in [0.5, 0.6) is 0 Å². The van der Waals surface area contributed by atoms with Gasteiger partial charge in [-0.1, -0.05) is 12.1 Å². The van der Waals surface area contributed by atoms with Crippen LogP contribution in [0, 0.1) is 0 Å². The maximum atomic E-state index is 11.8. The van der Waals surface area contributed by atoms with Crippen LogP contribution >= 0.6 is 0 Å². The molecule has 0 spiro atoms. The zero-order valence-electron chi connectivity index (χ0n) is 9.85. The van der Waals surface area contributed by atoms with E-state index in [1.54, 1.807) is 4.90 Å². The number of amides is 1. The highest BCUT2D eigenvalue weighted by Gasteiger charge is 2.23. The summed E-state index contributed by atoms with van der Waals surface area (Å²) < 4.78 is 0. The monoisotopic (exact) mass is 234 g/mol. The third-order valence-corrected chi connectivity index (χ3v) is 3.10. The number of aliphatic hydroxyl groups is 1. The van der Waals surface area contributed by atoms with Gasteiger partial charge in [0.05, 0.1) is 6.61 Å². The quantitative estimate of drug-likeness (QED) is 0.795. The Morgan fingerprint density at radius 3 is 2.88 bits per heavy atom. The molecule has 0 fully saturated rings. The molecular weight excluding hydrogens is 216 g/mol. The maximum Gasteiger partial charge on any atom is 0.227 e. The lowest BCUT2D eigenvalue weighted by Crippen LogP contribution is -2.37. The number of carbonyl (C=O) groups is 1. The molecule has 0 saturated carbocycles. The number of anilines is 1. The molecule has 0 aliphatic carbocycles. The molecular formula is C13H18N2O2. The number of benzene rings is 1. The topological polar surface area (TPSA) is 66.6 Å². The van der Waals surface area contributed by atoms with Gasteiger partial charge in [0.15, 0.2) is 0 Å². The number of carbonyl (C=O) groups excluding carboxylic acids is 1. The van der Waals surface area contributed by atoms with E-state index < -0.39 is 0 Å². The molecule has 17 heavy (non-hydrogen) atoms. The molecule has 0 radical (unpaired) electrons. The Hall–Kier alpha value is -1.39. The lowest BCUT2D eigenvalue weighted by Gasteiger charge is -2.29. The van der Waals surface area contributed by atoms with Gasteiger partial charge < -0.3 is 15.7 Å². The van der Waals surface area contributed by atoms with Crippen LogP contribution in [0.3, 0.4) is 0 Å². The first-order chi connectivity index (χ1) is 8.26. The van der Waals surface area contributed by atoms with Crippen LogP contribution in [0.4, 0.5) is 5.69 Å². The van der Waals surface area contributed by atoms with Crippen LogP contribution in [0.1, 0.15) is 17.5 Å². The van der Waals surface area contributed by atoms with Gasteiger partial charge in [-0.25, -0.2) is 0 Å². The smallest absolute Gasteiger partial charge is 0.227 e. The highest BCUT2D eigenvalue weighted by Crippen LogP contribution is 2.28. The molecule has 0 unspecified atom stereocenters. The third-order valence-electron chi connectivity index (χ3n) is 3.10. The molecule has 1 amide bonds. The fourth-order valence-corrected chi connectivity index (χ4v) is 2.28. The van der Waals surface area contributed by atoms with E-state index in [0.29, 0.717) is 19.5 Å². The molecule has 1 aromatic carbocycles. The summed E-state index contributed by atoms with van der Waals surface area (Å²) in [4.78, 5) is 13.4. The molecule has 0 aromatic heterocycles. The van der Waals surface area contributed by atoms with Crippen molar-refractivity contribution in [3.63, 3.8) is 0 Å². The fourth-order valence-electron chi connectivity index (χ4n) is 2.28. The van der Waals surface area contributed by atoms with Crippen LogP contribution in [0.2, 0.25) is 0 Å². The first-order valence-corrected chi connectivity index (χ1v) is 5.99. The summed E-state index contributed by atoms with van der Waals surface area (Å²) >= 11 is 0. The number of aliphatic hydroxyl groups excluding tert-OH is 1. The minimum Gasteiger partial charge on any atom is -0.395 e. The van der Waals surface area contributed by atoms with Crippen LogP contribution in [0.25, 0.3) is 0 Å². The lowest BCUT2D eigenvalue weighted by molar-refractivity contribution is -0.119. The predicted molar refractivity (Wildman–Crippen MR) is 67.0 cm³/mol. The average Bonchev–Trinajstić information content (AvgIpc) is 2.33. The first kappa shape index (κ1) is 12.1. The van der Waals surface area contributed by atoms with Crippen molar-refractivity contribution in [1.82, 2.24) is 0 Å². The highest BCUT2D eigenvalue weighted by molar-refractivity contribution is 5.96. The number of hydrogen-bond acceptors (Lipinski definition) is 3. The molecule has 3 N–H and O–H groups in total. The second kappa shape index (κ2) is 5.29. The number of nitrogens with zero attached hydrogens (tertiary/aromatic N) is 1. The van der Waals surface area contributed by atoms with Gasteiger partial charge in [-0.2, -0.15) is 0 Å². The van der Waals surface area contributed by atoms with Crippen LogP contribution in [-0.4, -0.2) is 30.7 Å². The fraction of sp³-hybridized carbons (Fsp3) is 0.462. The van der Waals surface area contributed by atoms with Gasteiger partial charge in [0.2, 0.25) is 5.91 Å². The molecule has 1 heterocycles. The number of hydrogen-bond donors (Lipinski definition) is 2. The van der Waals surface area contributed by atoms with Crippen molar-refractivity contribution in [1.29, 1.82) is 0 Å². The van der Waals surface area contributed by atoms with Gasteiger partial charge in [0, 0.05) is 18.7 Å². The first-order valence-electron chi connectivity index (χ1n) is 5.99. The maximum absolute atomic E-state index is 11.8. The number of β-amino-alcohol motifs (C(OH)–C–C–N with tert-alkyl or cyclic N) is 1. The predicted octanol–water partition coefficient (Wildman–Crippen LogP) is 0.459. The molecule has 4 heteroatoms. The van der Waals surface area contributed by atoms with Gasteiger partial charge in [-0.05, 0) is 36.6 Å². The molecule has 0 bridgehead atoms. The van der Waals surface area contributed by atoms with Crippen molar-refractivity contribution in [2.45, 2.75) is 19.3 Å². The Bertz CT molecular complexity index is 418. The Morgan fingerprint density at radius 1 is 1.35 bits per heavy atom. The summed E-state index contributed by atoms with van der Waals surface area (Å²) in [5, 5.41) is 8.99. The third kappa shape index (κ3) is 2.48.